The van der Waals surface area contributed by atoms with Crippen LogP contribution in [0.15, 0.2) is 24.3 Å². The van der Waals surface area contributed by atoms with Gasteiger partial charge < -0.3 is 5.32 Å². The molecule has 5 nitrogen and oxygen atoms in total. The second kappa shape index (κ2) is 6.69. The van der Waals surface area contributed by atoms with Crippen LogP contribution in [-0.2, 0) is 14.8 Å². The van der Waals surface area contributed by atoms with Gasteiger partial charge >= 0.3 is 0 Å². The minimum absolute atomic E-state index is 0.132. The van der Waals surface area contributed by atoms with Gasteiger partial charge in [0.1, 0.15) is 12.4 Å². The number of benzene rings is 1. The maximum Gasteiger partial charge on any atom is 0.240 e. The van der Waals surface area contributed by atoms with Crippen LogP contribution >= 0.6 is 0 Å². The molecule has 0 aliphatic rings. The zero-order chi connectivity index (χ0) is 15.3. The fraction of sp³-hybridized carbons (Fsp3) is 0.462. The van der Waals surface area contributed by atoms with E-state index in [9.17, 15) is 17.6 Å². The molecule has 0 atom stereocenters. The Morgan fingerprint density at radius 2 is 2.05 bits per heavy atom. The van der Waals surface area contributed by atoms with E-state index in [2.05, 4.69) is 5.32 Å². The average molecular weight is 302 g/mol. The summed E-state index contributed by atoms with van der Waals surface area (Å²) in [7, 11) is -3.66. The Balaban J connectivity index is 2.90. The summed E-state index contributed by atoms with van der Waals surface area (Å²) in [6.07, 6.45) is 0.980. The molecule has 112 valence electrons. The molecule has 1 aromatic rings. The van der Waals surface area contributed by atoms with Crippen LogP contribution in [0, 0.1) is 11.7 Å². The summed E-state index contributed by atoms with van der Waals surface area (Å²) in [5.74, 6) is -0.716. The number of halogens is 1. The lowest BCUT2D eigenvalue weighted by Gasteiger charge is -2.22. The maximum absolute atomic E-state index is 13.2. The topological polar surface area (TPSA) is 66.5 Å². The van der Waals surface area contributed by atoms with E-state index in [0.29, 0.717) is 6.54 Å². The SMILES string of the molecule is CC(C)CNC(=O)CN(c1cccc(F)c1)S(C)(=O)=O. The fourth-order valence-electron chi connectivity index (χ4n) is 1.54. The van der Waals surface area contributed by atoms with E-state index in [0.717, 1.165) is 16.6 Å². The molecule has 0 aliphatic carbocycles. The zero-order valence-corrected chi connectivity index (χ0v) is 12.6. The van der Waals surface area contributed by atoms with E-state index in [4.69, 9.17) is 0 Å². The Hall–Kier alpha value is -1.63. The first-order chi connectivity index (χ1) is 9.20. The number of nitrogens with zero attached hydrogens (tertiary/aromatic N) is 1. The molecule has 7 heteroatoms. The molecule has 0 aromatic heterocycles. The van der Waals surface area contributed by atoms with Gasteiger partial charge in [0, 0.05) is 6.54 Å². The number of sulfonamides is 1. The van der Waals surface area contributed by atoms with Gasteiger partial charge in [-0.25, -0.2) is 12.8 Å². The van der Waals surface area contributed by atoms with Crippen molar-refractivity contribution in [3.05, 3.63) is 30.1 Å². The number of amides is 1. The van der Waals surface area contributed by atoms with Crippen LogP contribution in [0.1, 0.15) is 13.8 Å². The van der Waals surface area contributed by atoms with E-state index in [1.807, 2.05) is 13.8 Å². The van der Waals surface area contributed by atoms with Gasteiger partial charge in [-0.3, -0.25) is 9.10 Å². The third-order valence-corrected chi connectivity index (χ3v) is 3.63. The van der Waals surface area contributed by atoms with Crippen LogP contribution in [0.3, 0.4) is 0 Å². The van der Waals surface area contributed by atoms with Gasteiger partial charge in [0.15, 0.2) is 0 Å². The molecule has 1 aromatic carbocycles. The van der Waals surface area contributed by atoms with Crippen molar-refractivity contribution in [2.24, 2.45) is 5.92 Å². The summed E-state index contributed by atoms with van der Waals surface area (Å²) < 4.78 is 37.5. The fourth-order valence-corrected chi connectivity index (χ4v) is 2.38. The van der Waals surface area contributed by atoms with Crippen molar-refractivity contribution in [3.63, 3.8) is 0 Å². The summed E-state index contributed by atoms with van der Waals surface area (Å²) in [5.41, 5.74) is 0.132. The van der Waals surface area contributed by atoms with Crippen LogP contribution in [0.5, 0.6) is 0 Å². The zero-order valence-electron chi connectivity index (χ0n) is 11.8. The number of rotatable bonds is 6. The lowest BCUT2D eigenvalue weighted by Crippen LogP contribution is -2.41. The van der Waals surface area contributed by atoms with Gasteiger partial charge in [0.2, 0.25) is 15.9 Å². The molecular formula is C13H19FN2O3S. The molecule has 0 saturated carbocycles. The lowest BCUT2D eigenvalue weighted by molar-refractivity contribution is -0.119. The smallest absolute Gasteiger partial charge is 0.240 e. The standard InChI is InChI=1S/C13H19FN2O3S/c1-10(2)8-15-13(17)9-16(20(3,18)19)12-6-4-5-11(14)7-12/h4-7,10H,8-9H2,1-3H3,(H,15,17). The van der Waals surface area contributed by atoms with E-state index in [1.54, 1.807) is 0 Å². The third kappa shape index (κ3) is 5.16. The van der Waals surface area contributed by atoms with Gasteiger partial charge in [-0.05, 0) is 24.1 Å². The van der Waals surface area contributed by atoms with E-state index in [-0.39, 0.29) is 18.2 Å². The minimum Gasteiger partial charge on any atom is -0.354 e. The number of carbonyl (C=O) groups excluding carboxylic acids is 1. The largest absolute Gasteiger partial charge is 0.354 e. The number of carbonyl (C=O) groups is 1. The summed E-state index contributed by atoms with van der Waals surface area (Å²) >= 11 is 0. The molecule has 0 aliphatic heterocycles. The second-order valence-corrected chi connectivity index (χ2v) is 6.85. The monoisotopic (exact) mass is 302 g/mol. The van der Waals surface area contributed by atoms with Crippen LogP contribution in [0.25, 0.3) is 0 Å². The van der Waals surface area contributed by atoms with Crippen molar-refractivity contribution in [3.8, 4) is 0 Å². The van der Waals surface area contributed by atoms with E-state index >= 15 is 0 Å². The van der Waals surface area contributed by atoms with Crippen molar-refractivity contribution < 1.29 is 17.6 Å². The van der Waals surface area contributed by atoms with Crippen molar-refractivity contribution in [2.75, 3.05) is 23.7 Å². The molecule has 0 radical (unpaired) electrons. The van der Waals surface area contributed by atoms with Gasteiger partial charge in [0.25, 0.3) is 0 Å². The highest BCUT2D eigenvalue weighted by Gasteiger charge is 2.21. The molecule has 0 bridgehead atoms. The summed E-state index contributed by atoms with van der Waals surface area (Å²) in [6.45, 7) is 3.96. The first kappa shape index (κ1) is 16.4. The molecule has 0 heterocycles. The minimum atomic E-state index is -3.66. The van der Waals surface area contributed by atoms with E-state index < -0.39 is 21.7 Å². The van der Waals surface area contributed by atoms with Crippen molar-refractivity contribution in [2.45, 2.75) is 13.8 Å². The van der Waals surface area contributed by atoms with Crippen molar-refractivity contribution >= 4 is 21.6 Å². The highest BCUT2D eigenvalue weighted by Crippen LogP contribution is 2.18. The van der Waals surface area contributed by atoms with Crippen LogP contribution in [0.4, 0.5) is 10.1 Å². The van der Waals surface area contributed by atoms with E-state index in [1.165, 1.54) is 18.2 Å². The number of hydrogen-bond acceptors (Lipinski definition) is 3. The Labute approximate surface area is 118 Å². The summed E-state index contributed by atoms with van der Waals surface area (Å²) in [6, 6.07) is 5.13. The molecule has 0 fully saturated rings. The first-order valence-corrected chi connectivity index (χ1v) is 8.05. The maximum atomic E-state index is 13.2. The van der Waals surface area contributed by atoms with Crippen LogP contribution in [0.2, 0.25) is 0 Å². The predicted octanol–water partition coefficient (Wildman–Crippen LogP) is 1.36. The molecular weight excluding hydrogens is 283 g/mol. The molecule has 1 rings (SSSR count). The predicted molar refractivity (Wildman–Crippen MR) is 76.4 cm³/mol. The number of anilines is 1. The highest BCUT2D eigenvalue weighted by atomic mass is 32.2. The lowest BCUT2D eigenvalue weighted by atomic mass is 10.2. The molecule has 0 saturated heterocycles. The average Bonchev–Trinajstić information content (AvgIpc) is 2.32. The Morgan fingerprint density at radius 1 is 1.40 bits per heavy atom. The number of nitrogens with one attached hydrogen (secondary N) is 1. The molecule has 20 heavy (non-hydrogen) atoms. The Kier molecular flexibility index (Phi) is 5.50. The van der Waals surface area contributed by atoms with Gasteiger partial charge in [-0.15, -0.1) is 0 Å². The van der Waals surface area contributed by atoms with Gasteiger partial charge in [-0.2, -0.15) is 0 Å². The first-order valence-electron chi connectivity index (χ1n) is 6.20. The summed E-state index contributed by atoms with van der Waals surface area (Å²) in [4.78, 5) is 11.8. The van der Waals surface area contributed by atoms with Crippen molar-refractivity contribution in [1.82, 2.24) is 5.32 Å². The third-order valence-electron chi connectivity index (χ3n) is 2.49. The van der Waals surface area contributed by atoms with Gasteiger partial charge in [0.05, 0.1) is 11.9 Å². The normalized spacial score (nSPS) is 11.4. The second-order valence-electron chi connectivity index (χ2n) is 4.95. The quantitative estimate of drug-likeness (QED) is 0.863. The van der Waals surface area contributed by atoms with Gasteiger partial charge in [-0.1, -0.05) is 19.9 Å². The highest BCUT2D eigenvalue weighted by molar-refractivity contribution is 7.92. The Bertz CT molecular complexity index is 573. The summed E-state index contributed by atoms with van der Waals surface area (Å²) in [5, 5.41) is 2.63. The number of hydrogen-bond donors (Lipinski definition) is 1. The van der Waals surface area contributed by atoms with Crippen LogP contribution in [-0.4, -0.2) is 33.7 Å². The molecule has 1 amide bonds. The molecule has 0 unspecified atom stereocenters. The van der Waals surface area contributed by atoms with Crippen molar-refractivity contribution in [1.29, 1.82) is 0 Å². The molecule has 1 N–H and O–H groups in total. The Morgan fingerprint density at radius 3 is 2.55 bits per heavy atom. The molecule has 0 spiro atoms. The van der Waals surface area contributed by atoms with Crippen LogP contribution < -0.4 is 9.62 Å².